The van der Waals surface area contributed by atoms with Gasteiger partial charge in [0.1, 0.15) is 5.75 Å². The van der Waals surface area contributed by atoms with Gasteiger partial charge >= 0.3 is 0 Å². The molecule has 0 N–H and O–H groups in total. The molecular formula is C15H15ClO2. The van der Waals surface area contributed by atoms with Gasteiger partial charge in [-0.1, -0.05) is 24.3 Å². The summed E-state index contributed by atoms with van der Waals surface area (Å²) in [5, 5.41) is 1.91. The van der Waals surface area contributed by atoms with Crippen LogP contribution >= 0.6 is 11.6 Å². The summed E-state index contributed by atoms with van der Waals surface area (Å²) in [6.45, 7) is 0. The Kier molecular flexibility index (Phi) is 4.21. The molecule has 94 valence electrons. The summed E-state index contributed by atoms with van der Waals surface area (Å²) in [6, 6.07) is 11.5. The van der Waals surface area contributed by atoms with E-state index in [-0.39, 0.29) is 5.78 Å². The van der Waals surface area contributed by atoms with Crippen molar-refractivity contribution in [1.82, 2.24) is 0 Å². The van der Waals surface area contributed by atoms with E-state index in [1.54, 1.807) is 7.11 Å². The molecule has 0 unspecified atom stereocenters. The number of carbonyl (C=O) groups is 1. The van der Waals surface area contributed by atoms with Gasteiger partial charge in [0.15, 0.2) is 5.78 Å². The molecule has 2 aromatic carbocycles. The minimum absolute atomic E-state index is 0.134. The molecule has 0 bridgehead atoms. The van der Waals surface area contributed by atoms with Crippen LogP contribution < -0.4 is 4.74 Å². The van der Waals surface area contributed by atoms with Gasteiger partial charge in [-0.3, -0.25) is 4.79 Å². The Morgan fingerprint density at radius 2 is 1.89 bits per heavy atom. The van der Waals surface area contributed by atoms with Gasteiger partial charge in [0.05, 0.1) is 7.11 Å². The monoisotopic (exact) mass is 262 g/mol. The molecule has 0 saturated carbocycles. The zero-order valence-corrected chi connectivity index (χ0v) is 11.0. The molecule has 0 fully saturated rings. The molecule has 2 nitrogen and oxygen atoms in total. The normalized spacial score (nSPS) is 10.6. The van der Waals surface area contributed by atoms with Crippen LogP contribution in [-0.4, -0.2) is 18.8 Å². The lowest BCUT2D eigenvalue weighted by molar-refractivity contribution is 0.0983. The van der Waals surface area contributed by atoms with Crippen LogP contribution in [0, 0.1) is 0 Å². The molecule has 0 aliphatic rings. The summed E-state index contributed by atoms with van der Waals surface area (Å²) in [7, 11) is 1.64. The summed E-state index contributed by atoms with van der Waals surface area (Å²) in [5.74, 6) is 1.44. The number of methoxy groups -OCH3 is 1. The number of halogens is 1. The fourth-order valence-corrected chi connectivity index (χ4v) is 2.19. The largest absolute Gasteiger partial charge is 0.496 e. The smallest absolute Gasteiger partial charge is 0.163 e. The number of benzene rings is 2. The topological polar surface area (TPSA) is 26.3 Å². The van der Waals surface area contributed by atoms with Crippen LogP contribution in [0.3, 0.4) is 0 Å². The van der Waals surface area contributed by atoms with Crippen molar-refractivity contribution in [2.45, 2.75) is 12.8 Å². The Labute approximate surface area is 112 Å². The van der Waals surface area contributed by atoms with Crippen molar-refractivity contribution in [2.75, 3.05) is 13.0 Å². The molecular weight excluding hydrogens is 248 g/mol. The van der Waals surface area contributed by atoms with E-state index in [1.165, 1.54) is 0 Å². The maximum Gasteiger partial charge on any atom is 0.163 e. The van der Waals surface area contributed by atoms with Crippen molar-refractivity contribution in [3.05, 3.63) is 42.0 Å². The highest BCUT2D eigenvalue weighted by Crippen LogP contribution is 2.29. The third-order valence-electron chi connectivity index (χ3n) is 2.94. The Morgan fingerprint density at radius 1 is 1.17 bits per heavy atom. The van der Waals surface area contributed by atoms with E-state index in [0.717, 1.165) is 22.1 Å². The Morgan fingerprint density at radius 3 is 2.56 bits per heavy atom. The fourth-order valence-electron chi connectivity index (χ4n) is 2.05. The number of hydrogen-bond acceptors (Lipinski definition) is 2. The zero-order valence-electron chi connectivity index (χ0n) is 10.3. The molecule has 2 rings (SSSR count). The standard InChI is InChI=1S/C15H15ClO2/c1-18-15-9-8-12(14(17)7-4-10-16)11-5-2-3-6-13(11)15/h2-3,5-6,8-9H,4,7,10H2,1H3. The lowest BCUT2D eigenvalue weighted by Crippen LogP contribution is -2.01. The van der Waals surface area contributed by atoms with Gasteiger partial charge < -0.3 is 4.74 Å². The number of Topliss-reactive ketones (excluding diaryl/α,β-unsaturated/α-hetero) is 1. The maximum atomic E-state index is 12.1. The number of carbonyl (C=O) groups excluding carboxylic acids is 1. The van der Waals surface area contributed by atoms with Crippen molar-refractivity contribution in [3.63, 3.8) is 0 Å². The molecule has 0 aliphatic carbocycles. The molecule has 0 aromatic heterocycles. The lowest BCUT2D eigenvalue weighted by Gasteiger charge is -2.09. The van der Waals surface area contributed by atoms with Gasteiger partial charge in [0.2, 0.25) is 0 Å². The quantitative estimate of drug-likeness (QED) is 0.600. The summed E-state index contributed by atoms with van der Waals surface area (Å²) >= 11 is 5.63. The van der Waals surface area contributed by atoms with Crippen LogP contribution in [-0.2, 0) is 0 Å². The van der Waals surface area contributed by atoms with Crippen LogP contribution in [0.4, 0.5) is 0 Å². The van der Waals surface area contributed by atoms with E-state index in [1.807, 2.05) is 36.4 Å². The molecule has 18 heavy (non-hydrogen) atoms. The average Bonchev–Trinajstić information content (AvgIpc) is 2.43. The molecule has 0 saturated heterocycles. The third-order valence-corrected chi connectivity index (χ3v) is 3.21. The molecule has 0 atom stereocenters. The molecule has 0 amide bonds. The molecule has 0 aliphatic heterocycles. The first kappa shape index (κ1) is 12.9. The van der Waals surface area contributed by atoms with Crippen molar-refractivity contribution < 1.29 is 9.53 Å². The van der Waals surface area contributed by atoms with Crippen LogP contribution in [0.25, 0.3) is 10.8 Å². The van der Waals surface area contributed by atoms with Gasteiger partial charge in [0.25, 0.3) is 0 Å². The van der Waals surface area contributed by atoms with Gasteiger partial charge in [-0.25, -0.2) is 0 Å². The van der Waals surface area contributed by atoms with Gasteiger partial charge in [-0.05, 0) is 23.9 Å². The summed E-state index contributed by atoms with van der Waals surface area (Å²) in [5.41, 5.74) is 0.747. The van der Waals surface area contributed by atoms with E-state index in [4.69, 9.17) is 16.3 Å². The Balaban J connectivity index is 2.49. The van der Waals surface area contributed by atoms with Crippen molar-refractivity contribution in [1.29, 1.82) is 0 Å². The maximum absolute atomic E-state index is 12.1. The minimum Gasteiger partial charge on any atom is -0.496 e. The summed E-state index contributed by atoms with van der Waals surface area (Å²) < 4.78 is 5.31. The lowest BCUT2D eigenvalue weighted by atomic mass is 9.98. The van der Waals surface area contributed by atoms with Gasteiger partial charge in [-0.15, -0.1) is 11.6 Å². The highest BCUT2D eigenvalue weighted by Gasteiger charge is 2.11. The Hall–Kier alpha value is -1.54. The molecule has 0 heterocycles. The summed E-state index contributed by atoms with van der Waals surface area (Å²) in [6.07, 6.45) is 1.20. The number of rotatable bonds is 5. The van der Waals surface area contributed by atoms with E-state index in [0.29, 0.717) is 18.7 Å². The predicted octanol–water partition coefficient (Wildman–Crippen LogP) is 4.05. The molecule has 0 spiro atoms. The van der Waals surface area contributed by atoms with E-state index in [2.05, 4.69) is 0 Å². The highest BCUT2D eigenvalue weighted by atomic mass is 35.5. The molecule has 2 aromatic rings. The van der Waals surface area contributed by atoms with E-state index in [9.17, 15) is 4.79 Å². The van der Waals surface area contributed by atoms with Crippen molar-refractivity contribution >= 4 is 28.2 Å². The predicted molar refractivity (Wildman–Crippen MR) is 74.8 cm³/mol. The van der Waals surface area contributed by atoms with Crippen LogP contribution in [0.15, 0.2) is 36.4 Å². The van der Waals surface area contributed by atoms with E-state index >= 15 is 0 Å². The number of hydrogen-bond donors (Lipinski definition) is 0. The van der Waals surface area contributed by atoms with Gasteiger partial charge in [0, 0.05) is 23.3 Å². The second-order valence-corrected chi connectivity index (χ2v) is 4.45. The van der Waals surface area contributed by atoms with Gasteiger partial charge in [-0.2, -0.15) is 0 Å². The van der Waals surface area contributed by atoms with Crippen molar-refractivity contribution in [3.8, 4) is 5.75 Å². The first-order valence-corrected chi connectivity index (χ1v) is 6.46. The summed E-state index contributed by atoms with van der Waals surface area (Å²) in [4.78, 5) is 12.1. The van der Waals surface area contributed by atoms with Crippen LogP contribution in [0.5, 0.6) is 5.75 Å². The van der Waals surface area contributed by atoms with E-state index < -0.39 is 0 Å². The van der Waals surface area contributed by atoms with Crippen LogP contribution in [0.1, 0.15) is 23.2 Å². The first-order valence-electron chi connectivity index (χ1n) is 5.93. The average molecular weight is 263 g/mol. The second-order valence-electron chi connectivity index (χ2n) is 4.08. The minimum atomic E-state index is 0.134. The second kappa shape index (κ2) is 5.87. The number of ketones is 1. The zero-order chi connectivity index (χ0) is 13.0. The highest BCUT2D eigenvalue weighted by molar-refractivity contribution is 6.18. The SMILES string of the molecule is COc1ccc(C(=O)CCCCl)c2ccccc12. The fraction of sp³-hybridized carbons (Fsp3) is 0.267. The van der Waals surface area contributed by atoms with Crippen molar-refractivity contribution in [2.24, 2.45) is 0 Å². The molecule has 0 radical (unpaired) electrons. The first-order chi connectivity index (χ1) is 8.77. The third kappa shape index (κ3) is 2.49. The van der Waals surface area contributed by atoms with Crippen LogP contribution in [0.2, 0.25) is 0 Å². The Bertz CT molecular complexity index is 563. The number of fused-ring (bicyclic) bond motifs is 1. The number of alkyl halides is 1. The number of ether oxygens (including phenoxy) is 1. The molecule has 3 heteroatoms.